The summed E-state index contributed by atoms with van der Waals surface area (Å²) in [4.78, 5) is 0. The Morgan fingerprint density at radius 3 is 3.00 bits per heavy atom. The molecule has 2 aliphatic rings. The van der Waals surface area contributed by atoms with Crippen molar-refractivity contribution in [3.63, 3.8) is 0 Å². The highest BCUT2D eigenvalue weighted by Gasteiger charge is 2.26. The molecule has 2 fully saturated rings. The number of aromatic nitrogens is 2. The van der Waals surface area contributed by atoms with Crippen molar-refractivity contribution in [3.05, 3.63) is 17.5 Å². The molecule has 1 saturated carbocycles. The van der Waals surface area contributed by atoms with Crippen LogP contribution in [-0.2, 0) is 11.3 Å². The predicted octanol–water partition coefficient (Wildman–Crippen LogP) is 2.11. The van der Waals surface area contributed by atoms with Gasteiger partial charge < -0.3 is 4.74 Å². The van der Waals surface area contributed by atoms with Crippen LogP contribution < -0.4 is 0 Å². The maximum absolute atomic E-state index is 5.46. The summed E-state index contributed by atoms with van der Waals surface area (Å²) in [6.45, 7) is 5.01. The van der Waals surface area contributed by atoms with Gasteiger partial charge in [0.15, 0.2) is 0 Å². The van der Waals surface area contributed by atoms with Gasteiger partial charge in [0.1, 0.15) is 0 Å². The molecule has 0 radical (unpaired) electrons. The summed E-state index contributed by atoms with van der Waals surface area (Å²) < 4.78 is 7.68. The average Bonchev–Trinajstić information content (AvgIpc) is 2.75. The predicted molar refractivity (Wildman–Crippen MR) is 57.9 cm³/mol. The molecular weight excluding hydrogens is 188 g/mol. The van der Waals surface area contributed by atoms with E-state index in [9.17, 15) is 0 Å². The summed E-state index contributed by atoms with van der Waals surface area (Å²) in [6.07, 6.45) is 3.94. The molecule has 1 aliphatic heterocycles. The Balaban J connectivity index is 1.83. The van der Waals surface area contributed by atoms with E-state index in [2.05, 4.69) is 22.8 Å². The van der Waals surface area contributed by atoms with Gasteiger partial charge in [-0.2, -0.15) is 5.10 Å². The molecule has 0 aromatic carbocycles. The molecule has 1 unspecified atom stereocenters. The Kier molecular flexibility index (Phi) is 2.28. The lowest BCUT2D eigenvalue weighted by atomic mass is 10.0. The molecule has 1 aliphatic carbocycles. The molecule has 3 nitrogen and oxygen atoms in total. The Bertz CT molecular complexity index is 349. The second-order valence-corrected chi connectivity index (χ2v) is 4.90. The van der Waals surface area contributed by atoms with Gasteiger partial charge in [0.2, 0.25) is 0 Å². The molecule has 0 amide bonds. The van der Waals surface area contributed by atoms with Gasteiger partial charge in [-0.3, -0.25) is 4.68 Å². The van der Waals surface area contributed by atoms with E-state index in [0.29, 0.717) is 5.92 Å². The van der Waals surface area contributed by atoms with E-state index in [1.54, 1.807) is 0 Å². The van der Waals surface area contributed by atoms with Crippen LogP contribution in [-0.4, -0.2) is 23.0 Å². The second-order valence-electron chi connectivity index (χ2n) is 4.90. The van der Waals surface area contributed by atoms with Crippen molar-refractivity contribution in [2.24, 2.45) is 5.92 Å². The molecule has 3 heteroatoms. The first kappa shape index (κ1) is 9.40. The number of hydrogen-bond acceptors (Lipinski definition) is 2. The third-order valence-electron chi connectivity index (χ3n) is 3.41. The van der Waals surface area contributed by atoms with Crippen LogP contribution in [0, 0.1) is 12.8 Å². The van der Waals surface area contributed by atoms with E-state index < -0.39 is 0 Å². The Morgan fingerprint density at radius 2 is 2.33 bits per heavy atom. The minimum Gasteiger partial charge on any atom is -0.381 e. The van der Waals surface area contributed by atoms with Crippen LogP contribution in [0.15, 0.2) is 6.07 Å². The molecule has 15 heavy (non-hydrogen) atoms. The first-order valence-corrected chi connectivity index (χ1v) is 5.95. The molecule has 3 rings (SSSR count). The summed E-state index contributed by atoms with van der Waals surface area (Å²) in [5.41, 5.74) is 2.55. The second kappa shape index (κ2) is 3.63. The normalized spacial score (nSPS) is 26.1. The van der Waals surface area contributed by atoms with Crippen molar-refractivity contribution in [2.45, 2.75) is 38.6 Å². The summed E-state index contributed by atoms with van der Waals surface area (Å²) in [5, 5.41) is 4.60. The van der Waals surface area contributed by atoms with Crippen molar-refractivity contribution < 1.29 is 4.74 Å². The molecular formula is C12H18N2O. The molecule has 82 valence electrons. The van der Waals surface area contributed by atoms with Gasteiger partial charge in [-0.15, -0.1) is 0 Å². The summed E-state index contributed by atoms with van der Waals surface area (Å²) in [6, 6.07) is 2.24. The molecule has 1 saturated heterocycles. The van der Waals surface area contributed by atoms with Crippen LogP contribution in [0.3, 0.4) is 0 Å². The van der Waals surface area contributed by atoms with Gasteiger partial charge >= 0.3 is 0 Å². The lowest BCUT2D eigenvalue weighted by molar-refractivity contribution is 0.193. The van der Waals surface area contributed by atoms with Crippen molar-refractivity contribution in [3.8, 4) is 0 Å². The van der Waals surface area contributed by atoms with Gasteiger partial charge in [0.05, 0.1) is 12.3 Å². The van der Waals surface area contributed by atoms with Crippen LogP contribution in [0.2, 0.25) is 0 Å². The number of aryl methyl sites for hydroxylation is 1. The van der Waals surface area contributed by atoms with Crippen LogP contribution in [0.5, 0.6) is 0 Å². The summed E-state index contributed by atoms with van der Waals surface area (Å²) in [7, 11) is 0. The van der Waals surface area contributed by atoms with E-state index >= 15 is 0 Å². The summed E-state index contributed by atoms with van der Waals surface area (Å²) >= 11 is 0. The van der Waals surface area contributed by atoms with Crippen LogP contribution in [0.25, 0.3) is 0 Å². The van der Waals surface area contributed by atoms with Crippen molar-refractivity contribution >= 4 is 0 Å². The summed E-state index contributed by atoms with van der Waals surface area (Å²) in [5.74, 6) is 1.48. The fourth-order valence-electron chi connectivity index (χ4n) is 2.35. The van der Waals surface area contributed by atoms with Gasteiger partial charge in [-0.25, -0.2) is 0 Å². The van der Waals surface area contributed by atoms with Crippen molar-refractivity contribution in [2.75, 3.05) is 13.2 Å². The highest BCUT2D eigenvalue weighted by atomic mass is 16.5. The molecule has 0 spiro atoms. The maximum Gasteiger partial charge on any atom is 0.0596 e. The lowest BCUT2D eigenvalue weighted by Gasteiger charge is -2.10. The lowest BCUT2D eigenvalue weighted by Crippen LogP contribution is -2.10. The third-order valence-corrected chi connectivity index (χ3v) is 3.41. The molecule has 0 N–H and O–H groups in total. The number of rotatable bonds is 3. The molecule has 1 aromatic rings. The minimum absolute atomic E-state index is 0.588. The molecule has 0 bridgehead atoms. The smallest absolute Gasteiger partial charge is 0.0596 e. The Hall–Kier alpha value is -0.830. The van der Waals surface area contributed by atoms with E-state index in [0.717, 1.165) is 37.8 Å². The standard InChI is InChI=1S/C12H18N2O/c1-9-6-12(11-4-5-15-8-11)14(13-9)7-10-2-3-10/h6,10-11H,2-5,7-8H2,1H3. The van der Waals surface area contributed by atoms with Gasteiger partial charge in [-0.1, -0.05) is 0 Å². The minimum atomic E-state index is 0.588. The van der Waals surface area contributed by atoms with Crippen LogP contribution >= 0.6 is 0 Å². The largest absolute Gasteiger partial charge is 0.381 e. The van der Waals surface area contributed by atoms with Gasteiger partial charge in [0.25, 0.3) is 0 Å². The topological polar surface area (TPSA) is 27.1 Å². The molecule has 2 heterocycles. The fourth-order valence-corrected chi connectivity index (χ4v) is 2.35. The first-order chi connectivity index (χ1) is 7.33. The van der Waals surface area contributed by atoms with E-state index in [4.69, 9.17) is 4.74 Å². The van der Waals surface area contributed by atoms with Crippen LogP contribution in [0.1, 0.15) is 36.6 Å². The van der Waals surface area contributed by atoms with Crippen molar-refractivity contribution in [1.82, 2.24) is 9.78 Å². The Morgan fingerprint density at radius 1 is 1.47 bits per heavy atom. The molecule has 1 aromatic heterocycles. The first-order valence-electron chi connectivity index (χ1n) is 5.95. The van der Waals surface area contributed by atoms with Gasteiger partial charge in [0, 0.05) is 24.8 Å². The highest BCUT2D eigenvalue weighted by Crippen LogP contribution is 2.33. The number of nitrogens with zero attached hydrogens (tertiary/aromatic N) is 2. The maximum atomic E-state index is 5.46. The van der Waals surface area contributed by atoms with E-state index in [1.807, 2.05) is 0 Å². The average molecular weight is 206 g/mol. The fraction of sp³-hybridized carbons (Fsp3) is 0.750. The zero-order chi connectivity index (χ0) is 10.3. The Labute approximate surface area is 90.4 Å². The van der Waals surface area contributed by atoms with Crippen molar-refractivity contribution in [1.29, 1.82) is 0 Å². The zero-order valence-electron chi connectivity index (χ0n) is 9.28. The number of ether oxygens (including phenoxy) is 1. The number of hydrogen-bond donors (Lipinski definition) is 0. The van der Waals surface area contributed by atoms with Crippen LogP contribution in [0.4, 0.5) is 0 Å². The third kappa shape index (κ3) is 1.93. The molecule has 1 atom stereocenters. The van der Waals surface area contributed by atoms with E-state index in [1.165, 1.54) is 18.5 Å². The zero-order valence-corrected chi connectivity index (χ0v) is 9.28. The van der Waals surface area contributed by atoms with Gasteiger partial charge in [-0.05, 0) is 38.2 Å². The highest BCUT2D eigenvalue weighted by molar-refractivity contribution is 5.15. The SMILES string of the molecule is Cc1cc(C2CCOC2)n(CC2CC2)n1. The monoisotopic (exact) mass is 206 g/mol. The van der Waals surface area contributed by atoms with E-state index in [-0.39, 0.29) is 0 Å². The quantitative estimate of drug-likeness (QED) is 0.757.